The Balaban J connectivity index is 1.43. The van der Waals surface area contributed by atoms with Gasteiger partial charge in [0.25, 0.3) is 5.91 Å². The van der Waals surface area contributed by atoms with Gasteiger partial charge in [0.1, 0.15) is 5.82 Å². The molecular formula is C24H27N5O2. The first-order valence-electron chi connectivity index (χ1n) is 10.5. The number of pyridine rings is 1. The fourth-order valence-corrected chi connectivity index (χ4v) is 3.67. The van der Waals surface area contributed by atoms with Gasteiger partial charge in [-0.3, -0.25) is 14.8 Å². The van der Waals surface area contributed by atoms with Crippen LogP contribution in [0.5, 0.6) is 0 Å². The lowest BCUT2D eigenvalue weighted by Gasteiger charge is -2.27. The van der Waals surface area contributed by atoms with Crippen LogP contribution in [0.15, 0.2) is 55.1 Å². The molecule has 1 N–H and O–H groups in total. The minimum absolute atomic E-state index is 0.162. The topological polar surface area (TPSA) is 80.2 Å². The number of aromatic nitrogens is 3. The quantitative estimate of drug-likeness (QED) is 0.660. The van der Waals surface area contributed by atoms with Crippen LogP contribution in [0.25, 0.3) is 0 Å². The van der Waals surface area contributed by atoms with Crippen molar-refractivity contribution in [1.29, 1.82) is 0 Å². The summed E-state index contributed by atoms with van der Waals surface area (Å²) in [5.41, 5.74) is 4.36. The van der Waals surface area contributed by atoms with Gasteiger partial charge >= 0.3 is 0 Å². The molecule has 4 rings (SSSR count). The number of ether oxygens (including phenoxy) is 1. The predicted molar refractivity (Wildman–Crippen MR) is 121 cm³/mol. The highest BCUT2D eigenvalue weighted by molar-refractivity contribution is 6.04. The first-order chi connectivity index (χ1) is 15.1. The molecule has 1 fully saturated rings. The van der Waals surface area contributed by atoms with Crippen molar-refractivity contribution in [3.8, 4) is 0 Å². The van der Waals surface area contributed by atoms with Crippen molar-refractivity contribution in [1.82, 2.24) is 15.0 Å². The van der Waals surface area contributed by atoms with Crippen molar-refractivity contribution in [3.05, 3.63) is 77.5 Å². The summed E-state index contributed by atoms with van der Waals surface area (Å²) in [6.07, 6.45) is 7.72. The molecule has 3 heterocycles. The molecule has 1 atom stereocenters. The molecule has 0 radical (unpaired) electrons. The Bertz CT molecular complexity index is 1050. The molecule has 1 amide bonds. The fourth-order valence-electron chi connectivity index (χ4n) is 3.67. The molecule has 160 valence electrons. The Hall–Kier alpha value is -3.32. The number of rotatable bonds is 6. The zero-order chi connectivity index (χ0) is 21.6. The van der Waals surface area contributed by atoms with Crippen molar-refractivity contribution in [2.45, 2.75) is 26.2 Å². The van der Waals surface area contributed by atoms with E-state index >= 15 is 0 Å². The maximum atomic E-state index is 12.5. The van der Waals surface area contributed by atoms with E-state index in [2.05, 4.69) is 33.2 Å². The van der Waals surface area contributed by atoms with Crippen LogP contribution in [0.4, 0.5) is 11.5 Å². The van der Waals surface area contributed by atoms with Gasteiger partial charge < -0.3 is 15.0 Å². The number of morpholine rings is 1. The number of hydrogen-bond acceptors (Lipinski definition) is 6. The third-order valence-corrected chi connectivity index (χ3v) is 5.37. The summed E-state index contributed by atoms with van der Waals surface area (Å²) in [5.74, 6) is 0.970. The van der Waals surface area contributed by atoms with Crippen LogP contribution < -0.4 is 10.2 Å². The van der Waals surface area contributed by atoms with Crippen molar-refractivity contribution < 1.29 is 9.53 Å². The number of nitrogens with one attached hydrogen (secondary N) is 1. The van der Waals surface area contributed by atoms with Crippen LogP contribution in [0.3, 0.4) is 0 Å². The zero-order valence-electron chi connectivity index (χ0n) is 17.9. The molecule has 31 heavy (non-hydrogen) atoms. The van der Waals surface area contributed by atoms with Crippen molar-refractivity contribution >= 4 is 17.4 Å². The van der Waals surface area contributed by atoms with E-state index in [1.165, 1.54) is 0 Å². The normalized spacial score (nSPS) is 14.8. The monoisotopic (exact) mass is 417 g/mol. The van der Waals surface area contributed by atoms with Crippen LogP contribution in [0.1, 0.15) is 40.0 Å². The highest BCUT2D eigenvalue weighted by Gasteiger charge is 2.15. The number of anilines is 2. The van der Waals surface area contributed by atoms with Gasteiger partial charge in [-0.05, 0) is 48.6 Å². The smallest absolute Gasteiger partial charge is 0.257 e. The van der Waals surface area contributed by atoms with Gasteiger partial charge in [-0.2, -0.15) is 0 Å². The van der Waals surface area contributed by atoms with Crippen LogP contribution in [0, 0.1) is 6.92 Å². The Kier molecular flexibility index (Phi) is 6.52. The van der Waals surface area contributed by atoms with Gasteiger partial charge in [-0.15, -0.1) is 0 Å². The van der Waals surface area contributed by atoms with Crippen LogP contribution in [-0.2, 0) is 11.2 Å². The first kappa shape index (κ1) is 20.9. The maximum absolute atomic E-state index is 12.5. The average molecular weight is 418 g/mol. The highest BCUT2D eigenvalue weighted by atomic mass is 16.5. The predicted octanol–water partition coefficient (Wildman–Crippen LogP) is 3.62. The van der Waals surface area contributed by atoms with E-state index in [-0.39, 0.29) is 11.8 Å². The molecule has 0 unspecified atom stereocenters. The number of amides is 1. The van der Waals surface area contributed by atoms with E-state index in [0.717, 1.165) is 61.1 Å². The molecule has 1 saturated heterocycles. The van der Waals surface area contributed by atoms with E-state index in [1.54, 1.807) is 12.4 Å². The van der Waals surface area contributed by atoms with E-state index in [0.29, 0.717) is 5.56 Å². The van der Waals surface area contributed by atoms with Crippen molar-refractivity contribution in [2.75, 3.05) is 36.5 Å². The lowest BCUT2D eigenvalue weighted by atomic mass is 9.96. The second-order valence-corrected chi connectivity index (χ2v) is 7.90. The molecular weight excluding hydrogens is 390 g/mol. The molecule has 0 aliphatic carbocycles. The molecule has 0 bridgehead atoms. The van der Waals surface area contributed by atoms with E-state index < -0.39 is 0 Å². The Labute approximate surface area is 182 Å². The molecule has 3 aromatic rings. The minimum atomic E-state index is -0.162. The van der Waals surface area contributed by atoms with Gasteiger partial charge in [-0.25, -0.2) is 4.98 Å². The Morgan fingerprint density at radius 2 is 1.94 bits per heavy atom. The molecule has 7 nitrogen and oxygen atoms in total. The van der Waals surface area contributed by atoms with Crippen LogP contribution in [0.2, 0.25) is 0 Å². The summed E-state index contributed by atoms with van der Waals surface area (Å²) in [4.78, 5) is 28.1. The molecule has 2 aromatic heterocycles. The third kappa shape index (κ3) is 5.44. The molecule has 1 aromatic carbocycles. The number of carbonyl (C=O) groups is 1. The van der Waals surface area contributed by atoms with E-state index in [1.807, 2.05) is 43.6 Å². The summed E-state index contributed by atoms with van der Waals surface area (Å²) in [5, 5.41) is 2.97. The second-order valence-electron chi connectivity index (χ2n) is 7.90. The summed E-state index contributed by atoms with van der Waals surface area (Å²) in [6.45, 7) is 7.20. The van der Waals surface area contributed by atoms with Crippen LogP contribution >= 0.6 is 0 Å². The summed E-state index contributed by atoms with van der Waals surface area (Å²) < 4.78 is 5.42. The number of carbonyl (C=O) groups excluding carboxylic acids is 1. The molecule has 1 aliphatic heterocycles. The molecule has 0 spiro atoms. The van der Waals surface area contributed by atoms with Gasteiger partial charge in [0.2, 0.25) is 0 Å². The summed E-state index contributed by atoms with van der Waals surface area (Å²) in [6, 6.07) is 9.79. The van der Waals surface area contributed by atoms with Crippen molar-refractivity contribution in [2.24, 2.45) is 0 Å². The van der Waals surface area contributed by atoms with E-state index in [4.69, 9.17) is 9.72 Å². The zero-order valence-corrected chi connectivity index (χ0v) is 17.9. The Morgan fingerprint density at radius 3 is 2.74 bits per heavy atom. The van der Waals surface area contributed by atoms with Gasteiger partial charge in [0, 0.05) is 37.4 Å². The van der Waals surface area contributed by atoms with Crippen molar-refractivity contribution in [3.63, 3.8) is 0 Å². The van der Waals surface area contributed by atoms with Crippen LogP contribution in [-0.4, -0.2) is 47.2 Å². The molecule has 0 saturated carbocycles. The number of aryl methyl sites for hydroxylation is 1. The first-order valence-corrected chi connectivity index (χ1v) is 10.5. The van der Waals surface area contributed by atoms with Gasteiger partial charge in [0.05, 0.1) is 30.7 Å². The minimum Gasteiger partial charge on any atom is -0.378 e. The summed E-state index contributed by atoms with van der Waals surface area (Å²) >= 11 is 0. The lowest BCUT2D eigenvalue weighted by molar-refractivity contribution is 0.102. The maximum Gasteiger partial charge on any atom is 0.257 e. The highest BCUT2D eigenvalue weighted by Crippen LogP contribution is 2.24. The lowest BCUT2D eigenvalue weighted by Crippen LogP contribution is -2.36. The Morgan fingerprint density at radius 1 is 1.13 bits per heavy atom. The van der Waals surface area contributed by atoms with Gasteiger partial charge in [0.15, 0.2) is 0 Å². The average Bonchev–Trinajstić information content (AvgIpc) is 2.80. The second kappa shape index (κ2) is 9.66. The molecule has 1 aliphatic rings. The number of hydrogen-bond donors (Lipinski definition) is 1. The van der Waals surface area contributed by atoms with Gasteiger partial charge in [-0.1, -0.05) is 19.1 Å². The summed E-state index contributed by atoms with van der Waals surface area (Å²) in [7, 11) is 0. The SMILES string of the molecule is Cc1cncc(C(=O)Nc2cccc([C@H](C)Cc3cncc(N4CCOCC4)n3)c2)c1. The fraction of sp³-hybridized carbons (Fsp3) is 0.333. The largest absolute Gasteiger partial charge is 0.378 e. The van der Waals surface area contributed by atoms with E-state index in [9.17, 15) is 4.79 Å². The standard InChI is InChI=1S/C24H27N5O2/c1-17-10-20(14-25-13-17)24(30)28-21-5-3-4-19(12-21)18(2)11-22-15-26-16-23(27-22)29-6-8-31-9-7-29/h3-5,10,12-16,18H,6-9,11H2,1-2H3,(H,28,30)/t18-/m1/s1. The number of nitrogens with zero attached hydrogens (tertiary/aromatic N) is 4. The molecule has 7 heteroatoms. The third-order valence-electron chi connectivity index (χ3n) is 5.37. The number of benzene rings is 1.